The monoisotopic (exact) mass is 350 g/mol. The first-order valence-corrected chi connectivity index (χ1v) is 8.73. The van der Waals surface area contributed by atoms with Crippen LogP contribution in [0.4, 0.5) is 11.4 Å². The minimum atomic E-state index is -0.498. The zero-order chi connectivity index (χ0) is 18.3. The largest absolute Gasteiger partial charge is 0.274 e. The number of amides is 2. The molecule has 0 radical (unpaired) electrons. The van der Waals surface area contributed by atoms with Gasteiger partial charge in [0.25, 0.3) is 5.69 Å². The van der Waals surface area contributed by atoms with Gasteiger partial charge in [0.2, 0.25) is 11.8 Å². The Morgan fingerprint density at radius 1 is 0.885 bits per heavy atom. The molecule has 1 aliphatic carbocycles. The van der Waals surface area contributed by atoms with Crippen molar-refractivity contribution in [2.24, 2.45) is 11.8 Å². The van der Waals surface area contributed by atoms with Gasteiger partial charge in [-0.2, -0.15) is 0 Å². The predicted molar refractivity (Wildman–Crippen MR) is 95.6 cm³/mol. The normalized spacial score (nSPS) is 25.2. The standard InChI is InChI=1S/C20H18N2O4/c23-19-17-11-6-14(13-4-2-1-3-5-13)12-18(17)20(24)21(19)15-7-9-16(10-8-15)22(25)26/h1-5,7-10,14,17-18H,6,11-12H2. The third-order valence-corrected chi connectivity index (χ3v) is 5.52. The van der Waals surface area contributed by atoms with Gasteiger partial charge in [-0.25, -0.2) is 0 Å². The van der Waals surface area contributed by atoms with Crippen molar-refractivity contribution in [1.29, 1.82) is 0 Å². The third-order valence-electron chi connectivity index (χ3n) is 5.52. The van der Waals surface area contributed by atoms with Crippen molar-refractivity contribution in [3.8, 4) is 0 Å². The Morgan fingerprint density at radius 3 is 2.19 bits per heavy atom. The molecule has 2 aliphatic rings. The molecule has 2 aromatic carbocycles. The third kappa shape index (κ3) is 2.67. The Labute approximate surface area is 150 Å². The highest BCUT2D eigenvalue weighted by atomic mass is 16.6. The summed E-state index contributed by atoms with van der Waals surface area (Å²) in [6.45, 7) is 0. The zero-order valence-electron chi connectivity index (χ0n) is 14.1. The number of anilines is 1. The molecule has 1 aliphatic heterocycles. The summed E-state index contributed by atoms with van der Waals surface area (Å²) in [5.74, 6) is -0.671. The molecule has 6 heteroatoms. The quantitative estimate of drug-likeness (QED) is 0.480. The minimum absolute atomic E-state index is 0.0607. The number of imide groups is 1. The average molecular weight is 350 g/mol. The molecule has 3 atom stereocenters. The van der Waals surface area contributed by atoms with Crippen molar-refractivity contribution in [2.45, 2.75) is 25.2 Å². The minimum Gasteiger partial charge on any atom is -0.274 e. The number of fused-ring (bicyclic) bond motifs is 1. The Balaban J connectivity index is 1.58. The number of benzene rings is 2. The van der Waals surface area contributed by atoms with Gasteiger partial charge in [0, 0.05) is 12.1 Å². The van der Waals surface area contributed by atoms with E-state index in [0.29, 0.717) is 18.5 Å². The lowest BCUT2D eigenvalue weighted by Gasteiger charge is -2.28. The van der Waals surface area contributed by atoms with E-state index in [-0.39, 0.29) is 35.3 Å². The molecular formula is C20H18N2O4. The molecule has 0 N–H and O–H groups in total. The SMILES string of the molecule is O=C1C2CCC(c3ccccc3)CC2C(=O)N1c1ccc([N+](=O)[O-])cc1. The maximum absolute atomic E-state index is 12.9. The van der Waals surface area contributed by atoms with Crippen LogP contribution in [0, 0.1) is 22.0 Å². The van der Waals surface area contributed by atoms with Gasteiger partial charge in [0.05, 0.1) is 22.4 Å². The number of hydrogen-bond acceptors (Lipinski definition) is 4. The van der Waals surface area contributed by atoms with Crippen molar-refractivity contribution < 1.29 is 14.5 Å². The fourth-order valence-electron chi connectivity index (χ4n) is 4.19. The molecule has 3 unspecified atom stereocenters. The van der Waals surface area contributed by atoms with E-state index in [1.165, 1.54) is 34.7 Å². The first-order chi connectivity index (χ1) is 12.6. The molecule has 132 valence electrons. The van der Waals surface area contributed by atoms with Crippen LogP contribution in [0.2, 0.25) is 0 Å². The van der Waals surface area contributed by atoms with Crippen LogP contribution < -0.4 is 4.90 Å². The summed E-state index contributed by atoms with van der Waals surface area (Å²) in [7, 11) is 0. The summed E-state index contributed by atoms with van der Waals surface area (Å²) in [4.78, 5) is 37.2. The zero-order valence-corrected chi connectivity index (χ0v) is 14.1. The Bertz CT molecular complexity index is 863. The molecule has 1 heterocycles. The second kappa shape index (κ2) is 6.37. The number of nitrogens with zero attached hydrogens (tertiary/aromatic N) is 2. The lowest BCUT2D eigenvalue weighted by molar-refractivity contribution is -0.384. The van der Waals surface area contributed by atoms with E-state index in [2.05, 4.69) is 12.1 Å². The van der Waals surface area contributed by atoms with E-state index < -0.39 is 4.92 Å². The summed E-state index contributed by atoms with van der Waals surface area (Å²) in [5.41, 5.74) is 1.56. The number of rotatable bonds is 3. The molecule has 2 amide bonds. The van der Waals surface area contributed by atoms with Gasteiger partial charge in [-0.1, -0.05) is 30.3 Å². The number of hydrogen-bond donors (Lipinski definition) is 0. The molecule has 0 aromatic heterocycles. The van der Waals surface area contributed by atoms with E-state index in [1.807, 2.05) is 18.2 Å². The fourth-order valence-corrected chi connectivity index (χ4v) is 4.19. The van der Waals surface area contributed by atoms with Crippen molar-refractivity contribution in [3.05, 3.63) is 70.3 Å². The number of nitro benzene ring substituents is 1. The van der Waals surface area contributed by atoms with Gasteiger partial charge in [0.15, 0.2) is 0 Å². The molecule has 26 heavy (non-hydrogen) atoms. The smallest absolute Gasteiger partial charge is 0.269 e. The van der Waals surface area contributed by atoms with Crippen LogP contribution in [-0.4, -0.2) is 16.7 Å². The van der Waals surface area contributed by atoms with E-state index in [4.69, 9.17) is 0 Å². The second-order valence-electron chi connectivity index (χ2n) is 6.92. The summed E-state index contributed by atoms with van der Waals surface area (Å²) >= 11 is 0. The van der Waals surface area contributed by atoms with Crippen LogP contribution in [0.5, 0.6) is 0 Å². The summed E-state index contributed by atoms with van der Waals surface area (Å²) in [6, 6.07) is 15.7. The highest BCUT2D eigenvalue weighted by molar-refractivity contribution is 6.22. The van der Waals surface area contributed by atoms with Crippen molar-refractivity contribution in [1.82, 2.24) is 0 Å². The Hall–Kier alpha value is -3.02. The highest BCUT2D eigenvalue weighted by Gasteiger charge is 2.50. The number of carbonyl (C=O) groups is 2. The molecule has 0 spiro atoms. The van der Waals surface area contributed by atoms with Gasteiger partial charge in [-0.3, -0.25) is 24.6 Å². The van der Waals surface area contributed by atoms with Crippen LogP contribution in [-0.2, 0) is 9.59 Å². The lowest BCUT2D eigenvalue weighted by Crippen LogP contribution is -2.30. The number of carbonyl (C=O) groups excluding carboxylic acids is 2. The first-order valence-electron chi connectivity index (χ1n) is 8.73. The van der Waals surface area contributed by atoms with Crippen molar-refractivity contribution >= 4 is 23.2 Å². The van der Waals surface area contributed by atoms with Gasteiger partial charge in [-0.15, -0.1) is 0 Å². The number of non-ortho nitro benzene ring substituents is 1. The van der Waals surface area contributed by atoms with Crippen molar-refractivity contribution in [3.63, 3.8) is 0 Å². The second-order valence-corrected chi connectivity index (χ2v) is 6.92. The number of nitro groups is 1. The van der Waals surface area contributed by atoms with E-state index in [9.17, 15) is 19.7 Å². The average Bonchev–Trinajstić information content (AvgIpc) is 2.93. The fraction of sp³-hybridized carbons (Fsp3) is 0.300. The molecule has 1 saturated carbocycles. The summed E-state index contributed by atoms with van der Waals surface area (Å²) < 4.78 is 0. The van der Waals surface area contributed by atoms with Gasteiger partial charge in [0.1, 0.15) is 0 Å². The first kappa shape index (κ1) is 16.4. The Kier molecular flexibility index (Phi) is 4.03. The van der Waals surface area contributed by atoms with Crippen LogP contribution in [0.3, 0.4) is 0 Å². The molecular weight excluding hydrogens is 332 g/mol. The van der Waals surface area contributed by atoms with E-state index >= 15 is 0 Å². The molecule has 1 saturated heterocycles. The molecule has 6 nitrogen and oxygen atoms in total. The van der Waals surface area contributed by atoms with Crippen LogP contribution in [0.25, 0.3) is 0 Å². The Morgan fingerprint density at radius 2 is 1.54 bits per heavy atom. The summed E-state index contributed by atoms with van der Waals surface area (Å²) in [5, 5.41) is 10.8. The topological polar surface area (TPSA) is 80.5 Å². The van der Waals surface area contributed by atoms with Crippen LogP contribution >= 0.6 is 0 Å². The maximum Gasteiger partial charge on any atom is 0.269 e. The molecule has 2 fully saturated rings. The van der Waals surface area contributed by atoms with Gasteiger partial charge >= 0.3 is 0 Å². The molecule has 2 aromatic rings. The maximum atomic E-state index is 12.9. The predicted octanol–water partition coefficient (Wildman–Crippen LogP) is 3.67. The molecule has 4 rings (SSSR count). The van der Waals surface area contributed by atoms with Crippen LogP contribution in [0.15, 0.2) is 54.6 Å². The summed E-state index contributed by atoms with van der Waals surface area (Å²) in [6.07, 6.45) is 2.25. The molecule has 0 bridgehead atoms. The van der Waals surface area contributed by atoms with Crippen molar-refractivity contribution in [2.75, 3.05) is 4.90 Å². The van der Waals surface area contributed by atoms with E-state index in [0.717, 1.165) is 6.42 Å². The van der Waals surface area contributed by atoms with E-state index in [1.54, 1.807) is 0 Å². The highest BCUT2D eigenvalue weighted by Crippen LogP contribution is 2.45. The van der Waals surface area contributed by atoms with Gasteiger partial charge in [-0.05, 0) is 42.9 Å². The van der Waals surface area contributed by atoms with Crippen LogP contribution in [0.1, 0.15) is 30.7 Å². The lowest BCUT2D eigenvalue weighted by atomic mass is 9.73. The van der Waals surface area contributed by atoms with Gasteiger partial charge < -0.3 is 0 Å².